The minimum atomic E-state index is -0.491. The van der Waals surface area contributed by atoms with E-state index in [1.54, 1.807) is 17.0 Å². The third-order valence-corrected chi connectivity index (χ3v) is 7.46. The number of fused-ring (bicyclic) bond motifs is 1. The van der Waals surface area contributed by atoms with Crippen molar-refractivity contribution in [2.24, 2.45) is 11.8 Å². The SMILES string of the molecule is COC(=O)c1nc(NC(=O)C2CCC(Cn3cnc4ccccc4c3=O)CC2)sc1C(C)C. The molecular formula is C24H28N4O4S. The van der Waals surface area contributed by atoms with E-state index in [0.29, 0.717) is 28.5 Å². The van der Waals surface area contributed by atoms with Gasteiger partial charge in [0.2, 0.25) is 5.91 Å². The largest absolute Gasteiger partial charge is 0.464 e. The van der Waals surface area contributed by atoms with Gasteiger partial charge in [0.05, 0.1) is 24.3 Å². The lowest BCUT2D eigenvalue weighted by Gasteiger charge is -2.27. The van der Waals surface area contributed by atoms with Crippen LogP contribution in [0.1, 0.15) is 60.8 Å². The van der Waals surface area contributed by atoms with Gasteiger partial charge in [0.25, 0.3) is 5.56 Å². The molecular weight excluding hydrogens is 440 g/mol. The van der Waals surface area contributed by atoms with Gasteiger partial charge < -0.3 is 10.1 Å². The maximum atomic E-state index is 12.8. The molecule has 0 spiro atoms. The van der Waals surface area contributed by atoms with E-state index in [9.17, 15) is 14.4 Å². The van der Waals surface area contributed by atoms with Gasteiger partial charge in [-0.05, 0) is 49.7 Å². The van der Waals surface area contributed by atoms with E-state index < -0.39 is 5.97 Å². The summed E-state index contributed by atoms with van der Waals surface area (Å²) >= 11 is 1.32. The monoisotopic (exact) mass is 468 g/mol. The number of hydrogen-bond acceptors (Lipinski definition) is 7. The first-order valence-corrected chi connectivity index (χ1v) is 12.0. The number of nitrogens with zero attached hydrogens (tertiary/aromatic N) is 3. The third-order valence-electron chi connectivity index (χ3n) is 6.19. The Morgan fingerprint density at radius 2 is 1.94 bits per heavy atom. The van der Waals surface area contributed by atoms with Crippen LogP contribution in [-0.2, 0) is 16.1 Å². The summed E-state index contributed by atoms with van der Waals surface area (Å²) in [5.74, 6) is -0.243. The molecule has 1 saturated carbocycles. The second-order valence-electron chi connectivity index (χ2n) is 8.80. The summed E-state index contributed by atoms with van der Waals surface area (Å²) in [4.78, 5) is 47.1. The zero-order valence-corrected chi connectivity index (χ0v) is 19.9. The van der Waals surface area contributed by atoms with Crippen LogP contribution in [0.2, 0.25) is 0 Å². The fourth-order valence-corrected chi connectivity index (χ4v) is 5.31. The van der Waals surface area contributed by atoms with Crippen molar-refractivity contribution >= 4 is 39.2 Å². The highest BCUT2D eigenvalue weighted by atomic mass is 32.1. The maximum Gasteiger partial charge on any atom is 0.357 e. The van der Waals surface area contributed by atoms with Crippen LogP contribution in [0, 0.1) is 11.8 Å². The number of hydrogen-bond donors (Lipinski definition) is 1. The Labute approximate surface area is 196 Å². The van der Waals surface area contributed by atoms with E-state index in [1.165, 1.54) is 18.4 Å². The van der Waals surface area contributed by atoms with E-state index in [4.69, 9.17) is 4.74 Å². The number of thiazole rings is 1. The zero-order valence-electron chi connectivity index (χ0n) is 19.0. The first-order valence-electron chi connectivity index (χ1n) is 11.2. The molecule has 0 radical (unpaired) electrons. The zero-order chi connectivity index (χ0) is 23.5. The van der Waals surface area contributed by atoms with Crippen molar-refractivity contribution in [3.8, 4) is 0 Å². The fourth-order valence-electron chi connectivity index (χ4n) is 4.35. The van der Waals surface area contributed by atoms with Gasteiger partial charge in [-0.3, -0.25) is 14.2 Å². The van der Waals surface area contributed by atoms with Crippen molar-refractivity contribution in [1.29, 1.82) is 0 Å². The molecule has 174 valence electrons. The van der Waals surface area contributed by atoms with Crippen LogP contribution in [0.4, 0.5) is 5.13 Å². The van der Waals surface area contributed by atoms with Crippen molar-refractivity contribution in [2.75, 3.05) is 12.4 Å². The van der Waals surface area contributed by atoms with Crippen LogP contribution < -0.4 is 10.9 Å². The van der Waals surface area contributed by atoms with Crippen LogP contribution in [0.15, 0.2) is 35.4 Å². The summed E-state index contributed by atoms with van der Waals surface area (Å²) in [7, 11) is 1.32. The van der Waals surface area contributed by atoms with Crippen molar-refractivity contribution in [1.82, 2.24) is 14.5 Å². The van der Waals surface area contributed by atoms with Gasteiger partial charge in [-0.2, -0.15) is 0 Å². The molecule has 0 unspecified atom stereocenters. The summed E-state index contributed by atoms with van der Waals surface area (Å²) in [5, 5.41) is 3.95. The van der Waals surface area contributed by atoms with Gasteiger partial charge in [-0.1, -0.05) is 26.0 Å². The molecule has 8 nitrogen and oxygen atoms in total. The number of rotatable bonds is 6. The molecule has 1 amide bonds. The molecule has 0 atom stereocenters. The van der Waals surface area contributed by atoms with Gasteiger partial charge in [-0.25, -0.2) is 14.8 Å². The molecule has 1 fully saturated rings. The molecule has 2 aromatic heterocycles. The smallest absolute Gasteiger partial charge is 0.357 e. The Bertz CT molecular complexity index is 1220. The number of esters is 1. The summed E-state index contributed by atoms with van der Waals surface area (Å²) in [5.41, 5.74) is 0.954. The Kier molecular flexibility index (Phi) is 6.88. The minimum absolute atomic E-state index is 0.0217. The topological polar surface area (TPSA) is 103 Å². The van der Waals surface area contributed by atoms with Crippen LogP contribution in [0.3, 0.4) is 0 Å². The normalized spacial score (nSPS) is 18.4. The maximum absolute atomic E-state index is 12.8. The lowest BCUT2D eigenvalue weighted by molar-refractivity contribution is -0.121. The number of carbonyl (C=O) groups excluding carboxylic acids is 2. The van der Waals surface area contributed by atoms with Crippen LogP contribution in [0.25, 0.3) is 10.9 Å². The number of amides is 1. The Hall–Kier alpha value is -3.07. The van der Waals surface area contributed by atoms with Gasteiger partial charge in [0.15, 0.2) is 10.8 Å². The molecule has 1 aliphatic rings. The Balaban J connectivity index is 1.36. The van der Waals surface area contributed by atoms with Gasteiger partial charge in [0, 0.05) is 17.3 Å². The van der Waals surface area contributed by atoms with Crippen molar-refractivity contribution in [3.05, 3.63) is 51.5 Å². The molecule has 2 heterocycles. The summed E-state index contributed by atoms with van der Waals surface area (Å²) < 4.78 is 6.50. The molecule has 3 aromatic rings. The van der Waals surface area contributed by atoms with Crippen molar-refractivity contribution in [2.45, 2.75) is 52.0 Å². The second kappa shape index (κ2) is 9.82. The molecule has 0 saturated heterocycles. The number of aromatic nitrogens is 3. The first kappa shape index (κ1) is 23.1. The van der Waals surface area contributed by atoms with Crippen LogP contribution in [0.5, 0.6) is 0 Å². The minimum Gasteiger partial charge on any atom is -0.464 e. The molecule has 1 aliphatic carbocycles. The molecule has 4 rings (SSSR count). The fraction of sp³-hybridized carbons (Fsp3) is 0.458. The van der Waals surface area contributed by atoms with Gasteiger partial charge in [-0.15, -0.1) is 11.3 Å². The van der Waals surface area contributed by atoms with E-state index in [2.05, 4.69) is 15.3 Å². The number of ether oxygens (including phenoxy) is 1. The first-order chi connectivity index (χ1) is 15.9. The molecule has 1 N–H and O–H groups in total. The highest BCUT2D eigenvalue weighted by Gasteiger charge is 2.28. The molecule has 1 aromatic carbocycles. The van der Waals surface area contributed by atoms with E-state index in [-0.39, 0.29) is 29.0 Å². The number of benzene rings is 1. The molecule has 9 heteroatoms. The number of carbonyl (C=O) groups is 2. The quantitative estimate of drug-likeness (QED) is 0.544. The van der Waals surface area contributed by atoms with E-state index >= 15 is 0 Å². The van der Waals surface area contributed by atoms with Crippen LogP contribution >= 0.6 is 11.3 Å². The van der Waals surface area contributed by atoms with Crippen LogP contribution in [-0.4, -0.2) is 33.5 Å². The average molecular weight is 469 g/mol. The lowest BCUT2D eigenvalue weighted by Crippen LogP contribution is -2.30. The Morgan fingerprint density at radius 1 is 1.21 bits per heavy atom. The second-order valence-corrected chi connectivity index (χ2v) is 9.83. The lowest BCUT2D eigenvalue weighted by atomic mass is 9.81. The highest BCUT2D eigenvalue weighted by Crippen LogP contribution is 2.33. The Morgan fingerprint density at radius 3 is 2.64 bits per heavy atom. The number of methoxy groups -OCH3 is 1. The van der Waals surface area contributed by atoms with Gasteiger partial charge >= 0.3 is 5.97 Å². The molecule has 0 aliphatic heterocycles. The summed E-state index contributed by atoms with van der Waals surface area (Å²) in [6.45, 7) is 4.56. The van der Waals surface area contributed by atoms with E-state index in [0.717, 1.165) is 30.6 Å². The number of para-hydroxylation sites is 1. The average Bonchev–Trinajstić information content (AvgIpc) is 3.25. The van der Waals surface area contributed by atoms with Crippen molar-refractivity contribution in [3.63, 3.8) is 0 Å². The molecule has 33 heavy (non-hydrogen) atoms. The van der Waals surface area contributed by atoms with E-state index in [1.807, 2.05) is 32.0 Å². The molecule has 0 bridgehead atoms. The third kappa shape index (κ3) is 4.98. The predicted molar refractivity (Wildman–Crippen MR) is 128 cm³/mol. The predicted octanol–water partition coefficient (Wildman–Crippen LogP) is 4.21. The number of nitrogens with one attached hydrogen (secondary N) is 1. The van der Waals surface area contributed by atoms with Gasteiger partial charge in [0.1, 0.15) is 0 Å². The standard InChI is InChI=1S/C24H28N4O4S/c1-14(2)20-19(23(31)32-3)26-24(33-20)27-21(29)16-10-8-15(9-11-16)12-28-13-25-18-7-5-4-6-17(18)22(28)30/h4-7,13-16H,8-12H2,1-3H3,(H,26,27,29). The number of anilines is 1. The highest BCUT2D eigenvalue weighted by molar-refractivity contribution is 7.16. The van der Waals surface area contributed by atoms with Crippen molar-refractivity contribution < 1.29 is 14.3 Å². The summed E-state index contributed by atoms with van der Waals surface area (Å²) in [6, 6.07) is 7.36. The summed E-state index contributed by atoms with van der Waals surface area (Å²) in [6.07, 6.45) is 4.84.